The van der Waals surface area contributed by atoms with E-state index in [-0.39, 0.29) is 19.7 Å². The summed E-state index contributed by atoms with van der Waals surface area (Å²) in [6, 6.07) is 0. The van der Waals surface area contributed by atoms with Crippen LogP contribution in [0.2, 0.25) is 0 Å². The van der Waals surface area contributed by atoms with Crippen molar-refractivity contribution < 1.29 is 13.9 Å². The third kappa shape index (κ3) is 1.57. The molecule has 58 valence electrons. The van der Waals surface area contributed by atoms with Crippen LogP contribution in [0.3, 0.4) is 0 Å². The zero-order chi connectivity index (χ0) is 7.61. The lowest BCUT2D eigenvalue weighted by Gasteiger charge is -2.33. The van der Waals surface area contributed by atoms with Gasteiger partial charge in [-0.2, -0.15) is 0 Å². The molecule has 0 bridgehead atoms. The van der Waals surface area contributed by atoms with Gasteiger partial charge in [-0.05, 0) is 0 Å². The molecule has 10 heavy (non-hydrogen) atoms. The summed E-state index contributed by atoms with van der Waals surface area (Å²) < 4.78 is 17.1. The normalized spacial score (nSPS) is 21.3. The number of carbonyl (C=O) groups excluding carboxylic acids is 1. The van der Waals surface area contributed by atoms with Crippen LogP contribution in [0.4, 0.5) is 9.18 Å². The number of alkyl halides is 1. The molecule has 0 unspecified atom stereocenters. The van der Waals surface area contributed by atoms with Gasteiger partial charge in [-0.15, -0.1) is 0 Å². The van der Waals surface area contributed by atoms with E-state index >= 15 is 0 Å². The molecule has 3 N–H and O–H groups in total. The average Bonchev–Trinajstić information content (AvgIpc) is 1.79. The number of hydrogen-bond donors (Lipinski definition) is 2. The molecule has 0 spiro atoms. The molecular formula is C5H9FN2O2. The van der Waals surface area contributed by atoms with E-state index in [0.29, 0.717) is 0 Å². The van der Waals surface area contributed by atoms with Crippen molar-refractivity contribution in [3.8, 4) is 0 Å². The Kier molecular flexibility index (Phi) is 1.76. The maximum absolute atomic E-state index is 12.9. The molecule has 1 fully saturated rings. The van der Waals surface area contributed by atoms with Gasteiger partial charge in [0.1, 0.15) is 6.61 Å². The van der Waals surface area contributed by atoms with Gasteiger partial charge in [0, 0.05) is 13.1 Å². The topological polar surface area (TPSA) is 64.4 Å². The van der Waals surface area contributed by atoms with Gasteiger partial charge in [0.25, 0.3) is 0 Å². The van der Waals surface area contributed by atoms with Gasteiger partial charge < -0.3 is 15.8 Å². The lowest BCUT2D eigenvalue weighted by Crippen LogP contribution is -2.59. The number of ether oxygens (including phenoxy) is 1. The lowest BCUT2D eigenvalue weighted by atomic mass is 10.0. The zero-order valence-electron chi connectivity index (χ0n) is 5.39. The summed E-state index contributed by atoms with van der Waals surface area (Å²) >= 11 is 0. The molecule has 1 heterocycles. The Labute approximate surface area is 57.5 Å². The average molecular weight is 148 g/mol. The van der Waals surface area contributed by atoms with E-state index < -0.39 is 11.8 Å². The maximum Gasteiger partial charge on any atom is 0.404 e. The molecule has 0 aromatic rings. The van der Waals surface area contributed by atoms with Gasteiger partial charge in [-0.25, -0.2) is 9.18 Å². The highest BCUT2D eigenvalue weighted by Crippen LogP contribution is 2.15. The Morgan fingerprint density at radius 1 is 1.80 bits per heavy atom. The lowest BCUT2D eigenvalue weighted by molar-refractivity contribution is 0.0143. The number of halogens is 1. The summed E-state index contributed by atoms with van der Waals surface area (Å²) in [7, 11) is 0. The summed E-state index contributed by atoms with van der Waals surface area (Å²) in [4.78, 5) is 10.00. The van der Waals surface area contributed by atoms with E-state index in [1.165, 1.54) is 0 Å². The predicted molar refractivity (Wildman–Crippen MR) is 32.2 cm³/mol. The van der Waals surface area contributed by atoms with Crippen molar-refractivity contribution in [2.45, 2.75) is 5.67 Å². The molecule has 5 heteroatoms. The smallest absolute Gasteiger partial charge is 0.404 e. The van der Waals surface area contributed by atoms with Crippen molar-refractivity contribution in [1.82, 2.24) is 5.32 Å². The van der Waals surface area contributed by atoms with Gasteiger partial charge in [0.2, 0.25) is 0 Å². The number of nitrogens with two attached hydrogens (primary N) is 1. The molecule has 1 aliphatic rings. The fourth-order valence-corrected chi connectivity index (χ4v) is 0.699. The van der Waals surface area contributed by atoms with E-state index in [1.807, 2.05) is 0 Å². The molecule has 1 amide bonds. The van der Waals surface area contributed by atoms with Crippen molar-refractivity contribution in [3.05, 3.63) is 0 Å². The van der Waals surface area contributed by atoms with Crippen LogP contribution in [-0.2, 0) is 4.74 Å². The number of carbonyl (C=O) groups is 1. The Morgan fingerprint density at radius 2 is 2.40 bits per heavy atom. The third-order valence-electron chi connectivity index (χ3n) is 1.36. The molecule has 1 rings (SSSR count). The number of nitrogens with one attached hydrogen (secondary N) is 1. The molecule has 0 aromatic carbocycles. The minimum atomic E-state index is -1.38. The number of primary amides is 1. The molecule has 1 saturated heterocycles. The molecule has 4 nitrogen and oxygen atoms in total. The van der Waals surface area contributed by atoms with Crippen molar-refractivity contribution in [1.29, 1.82) is 0 Å². The molecular weight excluding hydrogens is 139 g/mol. The predicted octanol–water partition coefficient (Wildman–Crippen LogP) is -0.607. The SMILES string of the molecule is NC(=O)OCC1(F)CNC1. The second-order valence-electron chi connectivity index (χ2n) is 2.36. The minimum absolute atomic E-state index is 0.236. The summed E-state index contributed by atoms with van der Waals surface area (Å²) in [5.41, 5.74) is 3.25. The Morgan fingerprint density at radius 3 is 2.70 bits per heavy atom. The van der Waals surface area contributed by atoms with Crippen molar-refractivity contribution in [2.75, 3.05) is 19.7 Å². The van der Waals surface area contributed by atoms with Gasteiger partial charge in [0.05, 0.1) is 0 Å². The van der Waals surface area contributed by atoms with Gasteiger partial charge in [0.15, 0.2) is 5.67 Å². The van der Waals surface area contributed by atoms with Gasteiger partial charge in [-0.1, -0.05) is 0 Å². The quantitative estimate of drug-likeness (QED) is 0.549. The summed E-state index contributed by atoms with van der Waals surface area (Å²) in [5.74, 6) is 0. The van der Waals surface area contributed by atoms with E-state index in [4.69, 9.17) is 0 Å². The van der Waals surface area contributed by atoms with E-state index in [1.54, 1.807) is 0 Å². The first-order valence-corrected chi connectivity index (χ1v) is 2.94. The number of hydrogen-bond acceptors (Lipinski definition) is 3. The molecule has 0 atom stereocenters. The van der Waals surface area contributed by atoms with Crippen molar-refractivity contribution >= 4 is 6.09 Å². The summed E-state index contributed by atoms with van der Waals surface area (Å²) in [5, 5.41) is 2.72. The van der Waals surface area contributed by atoms with E-state index in [9.17, 15) is 9.18 Å². The molecule has 1 aliphatic heterocycles. The van der Waals surface area contributed by atoms with Crippen LogP contribution in [0, 0.1) is 0 Å². The highest BCUT2D eigenvalue weighted by atomic mass is 19.1. The molecule has 0 saturated carbocycles. The first-order valence-electron chi connectivity index (χ1n) is 2.94. The second kappa shape index (κ2) is 2.42. The van der Waals surface area contributed by atoms with Crippen LogP contribution in [0.25, 0.3) is 0 Å². The summed E-state index contributed by atoms with van der Waals surface area (Å²) in [6.07, 6.45) is -0.927. The molecule has 0 aromatic heterocycles. The maximum atomic E-state index is 12.9. The highest BCUT2D eigenvalue weighted by Gasteiger charge is 2.38. The Balaban J connectivity index is 2.18. The molecule has 0 radical (unpaired) electrons. The fraction of sp³-hybridized carbons (Fsp3) is 0.800. The standard InChI is InChI=1S/C5H9FN2O2/c6-5(1-8-2-5)3-10-4(7)9/h8H,1-3H2,(H2,7,9). The van der Waals surface area contributed by atoms with Crippen LogP contribution >= 0.6 is 0 Å². The first kappa shape index (κ1) is 7.27. The third-order valence-corrected chi connectivity index (χ3v) is 1.36. The Bertz CT molecular complexity index is 147. The molecule has 0 aliphatic carbocycles. The van der Waals surface area contributed by atoms with Crippen LogP contribution in [-0.4, -0.2) is 31.5 Å². The fourth-order valence-electron chi connectivity index (χ4n) is 0.699. The monoisotopic (exact) mass is 148 g/mol. The van der Waals surface area contributed by atoms with Crippen LogP contribution in [0.5, 0.6) is 0 Å². The first-order chi connectivity index (χ1) is 4.62. The van der Waals surface area contributed by atoms with Crippen LogP contribution in [0.1, 0.15) is 0 Å². The second-order valence-corrected chi connectivity index (χ2v) is 2.36. The van der Waals surface area contributed by atoms with Crippen molar-refractivity contribution in [3.63, 3.8) is 0 Å². The zero-order valence-corrected chi connectivity index (χ0v) is 5.39. The van der Waals surface area contributed by atoms with E-state index in [0.717, 1.165) is 0 Å². The minimum Gasteiger partial charge on any atom is -0.446 e. The van der Waals surface area contributed by atoms with Crippen LogP contribution in [0.15, 0.2) is 0 Å². The van der Waals surface area contributed by atoms with Gasteiger partial charge >= 0.3 is 6.09 Å². The number of amides is 1. The van der Waals surface area contributed by atoms with Crippen LogP contribution < -0.4 is 11.1 Å². The number of rotatable bonds is 2. The van der Waals surface area contributed by atoms with Crippen molar-refractivity contribution in [2.24, 2.45) is 5.73 Å². The Hall–Kier alpha value is -0.840. The van der Waals surface area contributed by atoms with Gasteiger partial charge in [-0.3, -0.25) is 0 Å². The largest absolute Gasteiger partial charge is 0.446 e. The highest BCUT2D eigenvalue weighted by molar-refractivity contribution is 5.64. The van der Waals surface area contributed by atoms with E-state index in [2.05, 4.69) is 15.8 Å². The summed E-state index contributed by atoms with van der Waals surface area (Å²) in [6.45, 7) is 0.232.